The lowest BCUT2D eigenvalue weighted by Gasteiger charge is -2.28. The van der Waals surface area contributed by atoms with Crippen LogP contribution >= 0.6 is 11.6 Å². The smallest absolute Gasteiger partial charge is 0.227 e. The largest absolute Gasteiger partial charge is 0.353 e. The molecule has 110 valence electrons. The maximum atomic E-state index is 12.4. The number of halogens is 1. The first kappa shape index (κ1) is 15.3. The molecule has 0 heterocycles. The molecule has 0 radical (unpaired) electrons. The van der Waals surface area contributed by atoms with Crippen molar-refractivity contribution in [2.45, 2.75) is 45.1 Å². The van der Waals surface area contributed by atoms with E-state index in [0.29, 0.717) is 6.54 Å². The Balaban J connectivity index is 1.92. The Morgan fingerprint density at radius 3 is 2.50 bits per heavy atom. The summed E-state index contributed by atoms with van der Waals surface area (Å²) in [4.78, 5) is 12.4. The number of nitrogens with one attached hydrogen (secondary N) is 1. The van der Waals surface area contributed by atoms with E-state index in [2.05, 4.69) is 5.32 Å². The Hall–Kier alpha value is -1.06. The number of amides is 1. The minimum absolute atomic E-state index is 0.104. The quantitative estimate of drug-likeness (QED) is 0.877. The van der Waals surface area contributed by atoms with Crippen LogP contribution in [0, 0.1) is 5.41 Å². The van der Waals surface area contributed by atoms with Crippen molar-refractivity contribution in [3.8, 4) is 0 Å². The van der Waals surface area contributed by atoms with Gasteiger partial charge < -0.3 is 11.1 Å². The zero-order chi connectivity index (χ0) is 14.6. The van der Waals surface area contributed by atoms with E-state index in [9.17, 15) is 4.79 Å². The molecule has 3 N–H and O–H groups in total. The van der Waals surface area contributed by atoms with Crippen molar-refractivity contribution in [1.29, 1.82) is 0 Å². The van der Waals surface area contributed by atoms with E-state index in [1.54, 1.807) is 0 Å². The predicted molar refractivity (Wildman–Crippen MR) is 82.7 cm³/mol. The highest BCUT2D eigenvalue weighted by Gasteiger charge is 2.40. The molecule has 1 aromatic carbocycles. The second-order valence-electron chi connectivity index (χ2n) is 5.90. The van der Waals surface area contributed by atoms with Gasteiger partial charge in [0.1, 0.15) is 0 Å². The zero-order valence-corrected chi connectivity index (χ0v) is 12.7. The van der Waals surface area contributed by atoms with Gasteiger partial charge in [-0.25, -0.2) is 0 Å². The molecule has 0 saturated heterocycles. The zero-order valence-electron chi connectivity index (χ0n) is 12.0. The number of carbonyl (C=O) groups excluding carboxylic acids is 1. The number of benzene rings is 1. The van der Waals surface area contributed by atoms with Gasteiger partial charge in [0.05, 0.1) is 5.41 Å². The molecule has 2 rings (SSSR count). The average Bonchev–Trinajstić information content (AvgIpc) is 2.91. The van der Waals surface area contributed by atoms with E-state index < -0.39 is 0 Å². The van der Waals surface area contributed by atoms with Gasteiger partial charge in [-0.2, -0.15) is 0 Å². The van der Waals surface area contributed by atoms with Crippen LogP contribution in [0.15, 0.2) is 24.3 Å². The van der Waals surface area contributed by atoms with Gasteiger partial charge in [-0.15, -0.1) is 0 Å². The summed E-state index contributed by atoms with van der Waals surface area (Å²) < 4.78 is 0. The van der Waals surface area contributed by atoms with Crippen LogP contribution in [-0.2, 0) is 11.2 Å². The van der Waals surface area contributed by atoms with Crippen LogP contribution in [0.1, 0.15) is 38.2 Å². The molecule has 3 nitrogen and oxygen atoms in total. The van der Waals surface area contributed by atoms with Gasteiger partial charge in [-0.1, -0.05) is 36.6 Å². The molecule has 1 aliphatic rings. The molecule has 1 atom stereocenters. The number of rotatable bonds is 5. The molecule has 0 aliphatic heterocycles. The minimum Gasteiger partial charge on any atom is -0.353 e. The lowest BCUT2D eigenvalue weighted by Crippen LogP contribution is -2.47. The average molecular weight is 295 g/mol. The third-order valence-corrected chi connectivity index (χ3v) is 4.52. The molecule has 1 unspecified atom stereocenters. The van der Waals surface area contributed by atoms with Crippen molar-refractivity contribution < 1.29 is 4.79 Å². The maximum absolute atomic E-state index is 12.4. The molecule has 0 spiro atoms. The van der Waals surface area contributed by atoms with E-state index in [4.69, 9.17) is 17.3 Å². The van der Waals surface area contributed by atoms with Crippen LogP contribution < -0.4 is 11.1 Å². The van der Waals surface area contributed by atoms with Crippen molar-refractivity contribution >= 4 is 17.5 Å². The summed E-state index contributed by atoms with van der Waals surface area (Å²) in [5, 5.41) is 3.86. The van der Waals surface area contributed by atoms with Gasteiger partial charge in [0.2, 0.25) is 5.91 Å². The van der Waals surface area contributed by atoms with Crippen molar-refractivity contribution in [1.82, 2.24) is 5.32 Å². The van der Waals surface area contributed by atoms with Crippen LogP contribution in [0.5, 0.6) is 0 Å². The number of carbonyl (C=O) groups is 1. The van der Waals surface area contributed by atoms with Gasteiger partial charge in [0.25, 0.3) is 0 Å². The Bertz CT molecular complexity index is 452. The fourth-order valence-electron chi connectivity index (χ4n) is 2.98. The van der Waals surface area contributed by atoms with E-state index >= 15 is 0 Å². The van der Waals surface area contributed by atoms with E-state index in [0.717, 1.165) is 37.1 Å². The molecule has 1 aromatic rings. The lowest BCUT2D eigenvalue weighted by molar-refractivity contribution is -0.130. The molecule has 1 aliphatic carbocycles. The second kappa shape index (κ2) is 6.59. The minimum atomic E-state index is -0.325. The first-order valence-corrected chi connectivity index (χ1v) is 7.69. The molecule has 4 heteroatoms. The Morgan fingerprint density at radius 1 is 1.35 bits per heavy atom. The third kappa shape index (κ3) is 3.53. The first-order valence-electron chi connectivity index (χ1n) is 7.31. The Labute approximate surface area is 125 Å². The number of hydrogen-bond acceptors (Lipinski definition) is 2. The normalized spacial score (nSPS) is 18.8. The molecular weight excluding hydrogens is 272 g/mol. The molecule has 1 fully saturated rings. The van der Waals surface area contributed by atoms with Gasteiger partial charge in [0, 0.05) is 17.6 Å². The Morgan fingerprint density at radius 2 is 1.95 bits per heavy atom. The van der Waals surface area contributed by atoms with Crippen LogP contribution in [0.4, 0.5) is 0 Å². The van der Waals surface area contributed by atoms with Crippen LogP contribution in [0.2, 0.25) is 5.02 Å². The molecule has 1 amide bonds. The molecule has 0 bridgehead atoms. The topological polar surface area (TPSA) is 55.1 Å². The summed E-state index contributed by atoms with van der Waals surface area (Å²) in [5.41, 5.74) is 6.69. The van der Waals surface area contributed by atoms with Gasteiger partial charge >= 0.3 is 0 Å². The fraction of sp³-hybridized carbons (Fsp3) is 0.562. The van der Waals surface area contributed by atoms with E-state index in [-0.39, 0.29) is 17.4 Å². The summed E-state index contributed by atoms with van der Waals surface area (Å²) >= 11 is 5.87. The summed E-state index contributed by atoms with van der Waals surface area (Å²) in [5.74, 6) is 0.124. The van der Waals surface area contributed by atoms with Gasteiger partial charge in [-0.3, -0.25) is 4.79 Å². The van der Waals surface area contributed by atoms with Gasteiger partial charge in [0.15, 0.2) is 0 Å². The molecule has 1 saturated carbocycles. The monoisotopic (exact) mass is 294 g/mol. The highest BCUT2D eigenvalue weighted by atomic mass is 35.5. The SMILES string of the molecule is CC(Cc1ccc(Cl)cc1)NC(=O)C1(CN)CCCC1. The molecule has 0 aromatic heterocycles. The second-order valence-corrected chi connectivity index (χ2v) is 6.33. The predicted octanol–water partition coefficient (Wildman–Crippen LogP) is 2.91. The summed E-state index contributed by atoms with van der Waals surface area (Å²) in [6, 6.07) is 7.86. The Kier molecular flexibility index (Phi) is 5.06. The summed E-state index contributed by atoms with van der Waals surface area (Å²) in [6.45, 7) is 2.48. The highest BCUT2D eigenvalue weighted by Crippen LogP contribution is 2.37. The van der Waals surface area contributed by atoms with Crippen LogP contribution in [0.25, 0.3) is 0 Å². The fourth-order valence-corrected chi connectivity index (χ4v) is 3.10. The number of nitrogens with two attached hydrogens (primary N) is 1. The van der Waals surface area contributed by atoms with Crippen LogP contribution in [-0.4, -0.2) is 18.5 Å². The van der Waals surface area contributed by atoms with Crippen molar-refractivity contribution in [2.24, 2.45) is 11.1 Å². The van der Waals surface area contributed by atoms with Crippen molar-refractivity contribution in [3.63, 3.8) is 0 Å². The van der Waals surface area contributed by atoms with E-state index in [1.807, 2.05) is 31.2 Å². The summed E-state index contributed by atoms with van der Waals surface area (Å²) in [6.07, 6.45) is 4.86. The summed E-state index contributed by atoms with van der Waals surface area (Å²) in [7, 11) is 0. The van der Waals surface area contributed by atoms with E-state index in [1.165, 1.54) is 5.56 Å². The van der Waals surface area contributed by atoms with Crippen molar-refractivity contribution in [2.75, 3.05) is 6.54 Å². The third-order valence-electron chi connectivity index (χ3n) is 4.27. The molecular formula is C16H23ClN2O. The number of hydrogen-bond donors (Lipinski definition) is 2. The maximum Gasteiger partial charge on any atom is 0.227 e. The lowest BCUT2D eigenvalue weighted by atomic mass is 9.85. The molecule has 20 heavy (non-hydrogen) atoms. The van der Waals surface area contributed by atoms with Crippen LogP contribution in [0.3, 0.4) is 0 Å². The van der Waals surface area contributed by atoms with Crippen molar-refractivity contribution in [3.05, 3.63) is 34.9 Å². The first-order chi connectivity index (χ1) is 9.55. The standard InChI is InChI=1S/C16H23ClN2O/c1-12(10-13-4-6-14(17)7-5-13)19-15(20)16(11-18)8-2-3-9-16/h4-7,12H,2-3,8-11,18H2,1H3,(H,19,20). The highest BCUT2D eigenvalue weighted by molar-refractivity contribution is 6.30. The van der Waals surface area contributed by atoms with Gasteiger partial charge in [-0.05, 0) is 43.9 Å².